The van der Waals surface area contributed by atoms with Gasteiger partial charge in [-0.05, 0) is 6.92 Å². The molecule has 2 heterocycles. The maximum atomic E-state index is 9.23. The summed E-state index contributed by atoms with van der Waals surface area (Å²) < 4.78 is 7.26. The zero-order valence-electron chi connectivity index (χ0n) is 12.6. The molecule has 0 aliphatic carbocycles. The number of rotatable bonds is 7. The Labute approximate surface area is 120 Å². The van der Waals surface area contributed by atoms with Crippen molar-refractivity contribution in [1.82, 2.24) is 19.6 Å². The third-order valence-corrected chi connectivity index (χ3v) is 3.98. The number of hydrogen-bond acceptors (Lipinski definition) is 5. The number of ether oxygens (including phenoxy) is 1. The van der Waals surface area contributed by atoms with E-state index in [1.54, 1.807) is 0 Å². The normalized spacial score (nSPS) is 17.0. The van der Waals surface area contributed by atoms with Crippen molar-refractivity contribution in [3.05, 3.63) is 17.5 Å². The van der Waals surface area contributed by atoms with Gasteiger partial charge in [0.2, 0.25) is 0 Å². The van der Waals surface area contributed by atoms with Crippen LogP contribution in [0.2, 0.25) is 0 Å². The van der Waals surface area contributed by atoms with Crippen LogP contribution in [0.4, 0.5) is 0 Å². The summed E-state index contributed by atoms with van der Waals surface area (Å²) in [5.41, 5.74) is 2.43. The van der Waals surface area contributed by atoms with Crippen LogP contribution >= 0.6 is 0 Å². The lowest BCUT2D eigenvalue weighted by atomic mass is 10.2. The third-order valence-electron chi connectivity index (χ3n) is 3.98. The molecule has 0 amide bonds. The van der Waals surface area contributed by atoms with Gasteiger partial charge in [-0.1, -0.05) is 0 Å². The fraction of sp³-hybridized carbons (Fsp3) is 0.786. The molecule has 2 rings (SSSR count). The molecule has 0 bridgehead atoms. The molecule has 1 aromatic heterocycles. The van der Waals surface area contributed by atoms with E-state index in [1.165, 1.54) is 11.3 Å². The highest BCUT2D eigenvalue weighted by Gasteiger charge is 2.14. The van der Waals surface area contributed by atoms with Crippen LogP contribution in [0.5, 0.6) is 0 Å². The summed E-state index contributed by atoms with van der Waals surface area (Å²) in [6.07, 6.45) is 1.93. The van der Waals surface area contributed by atoms with E-state index in [0.29, 0.717) is 6.54 Å². The molecular formula is C14H26N4O2. The van der Waals surface area contributed by atoms with Crippen LogP contribution in [0.25, 0.3) is 0 Å². The van der Waals surface area contributed by atoms with Crippen molar-refractivity contribution in [3.63, 3.8) is 0 Å². The van der Waals surface area contributed by atoms with Crippen LogP contribution < -0.4 is 0 Å². The number of aliphatic hydroxyl groups excluding tert-OH is 1. The van der Waals surface area contributed by atoms with Gasteiger partial charge in [0.25, 0.3) is 0 Å². The lowest BCUT2D eigenvalue weighted by molar-refractivity contribution is 0.0320. The summed E-state index contributed by atoms with van der Waals surface area (Å²) in [4.78, 5) is 4.71. The van der Waals surface area contributed by atoms with Crippen LogP contribution in [-0.2, 0) is 18.3 Å². The van der Waals surface area contributed by atoms with E-state index >= 15 is 0 Å². The molecular weight excluding hydrogens is 256 g/mol. The van der Waals surface area contributed by atoms with E-state index in [-0.39, 0.29) is 6.61 Å². The number of hydrogen-bond donors (Lipinski definition) is 1. The second kappa shape index (κ2) is 7.73. The number of aliphatic hydroxyl groups is 1. The van der Waals surface area contributed by atoms with Crippen LogP contribution in [0, 0.1) is 6.92 Å². The van der Waals surface area contributed by atoms with E-state index < -0.39 is 0 Å². The fourth-order valence-corrected chi connectivity index (χ4v) is 2.46. The monoisotopic (exact) mass is 282 g/mol. The molecule has 1 aliphatic rings. The molecule has 6 heteroatoms. The van der Waals surface area contributed by atoms with Gasteiger partial charge in [0, 0.05) is 57.6 Å². The molecule has 0 unspecified atom stereocenters. The molecule has 20 heavy (non-hydrogen) atoms. The highest BCUT2D eigenvalue weighted by molar-refractivity contribution is 5.15. The first kappa shape index (κ1) is 15.4. The van der Waals surface area contributed by atoms with E-state index in [2.05, 4.69) is 21.8 Å². The van der Waals surface area contributed by atoms with Crippen molar-refractivity contribution in [2.45, 2.75) is 13.5 Å². The van der Waals surface area contributed by atoms with Gasteiger partial charge in [0.1, 0.15) is 0 Å². The van der Waals surface area contributed by atoms with Crippen molar-refractivity contribution in [2.75, 3.05) is 52.5 Å². The SMILES string of the molecule is Cc1c(CN(CCO)CCN2CCOCC2)cnn1C. The minimum absolute atomic E-state index is 0.197. The van der Waals surface area contributed by atoms with Crippen molar-refractivity contribution < 1.29 is 9.84 Å². The zero-order chi connectivity index (χ0) is 14.4. The number of morpholine rings is 1. The van der Waals surface area contributed by atoms with E-state index in [1.807, 2.05) is 17.9 Å². The van der Waals surface area contributed by atoms with Gasteiger partial charge in [-0.15, -0.1) is 0 Å². The molecule has 0 spiro atoms. The molecule has 1 aliphatic heterocycles. The molecule has 0 atom stereocenters. The fourth-order valence-electron chi connectivity index (χ4n) is 2.46. The lowest BCUT2D eigenvalue weighted by Gasteiger charge is -2.29. The third kappa shape index (κ3) is 4.28. The van der Waals surface area contributed by atoms with E-state index in [0.717, 1.165) is 45.9 Å². The second-order valence-electron chi connectivity index (χ2n) is 5.33. The second-order valence-corrected chi connectivity index (χ2v) is 5.33. The predicted molar refractivity (Wildman–Crippen MR) is 77.6 cm³/mol. The number of aryl methyl sites for hydroxylation is 1. The minimum Gasteiger partial charge on any atom is -0.395 e. The van der Waals surface area contributed by atoms with Crippen molar-refractivity contribution in [1.29, 1.82) is 0 Å². The van der Waals surface area contributed by atoms with E-state index in [9.17, 15) is 5.11 Å². The molecule has 0 aromatic carbocycles. The van der Waals surface area contributed by atoms with Gasteiger partial charge in [-0.25, -0.2) is 0 Å². The van der Waals surface area contributed by atoms with Crippen LogP contribution in [0.1, 0.15) is 11.3 Å². The Bertz CT molecular complexity index is 402. The molecule has 1 aromatic rings. The van der Waals surface area contributed by atoms with Crippen LogP contribution in [0.15, 0.2) is 6.20 Å². The van der Waals surface area contributed by atoms with Gasteiger partial charge in [0.05, 0.1) is 26.0 Å². The smallest absolute Gasteiger partial charge is 0.0594 e. The van der Waals surface area contributed by atoms with Gasteiger partial charge >= 0.3 is 0 Å². The summed E-state index contributed by atoms with van der Waals surface area (Å²) in [5.74, 6) is 0. The zero-order valence-corrected chi connectivity index (χ0v) is 12.6. The highest BCUT2D eigenvalue weighted by atomic mass is 16.5. The van der Waals surface area contributed by atoms with Gasteiger partial charge in [-0.3, -0.25) is 14.5 Å². The Morgan fingerprint density at radius 3 is 2.70 bits per heavy atom. The summed E-state index contributed by atoms with van der Waals surface area (Å²) in [7, 11) is 1.96. The largest absolute Gasteiger partial charge is 0.395 e. The Morgan fingerprint density at radius 2 is 2.10 bits per heavy atom. The average molecular weight is 282 g/mol. The molecule has 1 saturated heterocycles. The molecule has 1 fully saturated rings. The standard InChI is InChI=1S/C14H26N4O2/c1-13-14(11-15-16(13)2)12-18(5-8-19)4-3-17-6-9-20-10-7-17/h11,19H,3-10,12H2,1-2H3. The Morgan fingerprint density at radius 1 is 1.35 bits per heavy atom. The summed E-state index contributed by atoms with van der Waals surface area (Å²) in [5, 5.41) is 13.5. The number of aromatic nitrogens is 2. The van der Waals surface area contributed by atoms with Gasteiger partial charge in [-0.2, -0.15) is 5.10 Å². The highest BCUT2D eigenvalue weighted by Crippen LogP contribution is 2.09. The molecule has 1 N–H and O–H groups in total. The summed E-state index contributed by atoms with van der Waals surface area (Å²) >= 11 is 0. The Kier molecular flexibility index (Phi) is 5.97. The van der Waals surface area contributed by atoms with Crippen LogP contribution in [0.3, 0.4) is 0 Å². The molecule has 6 nitrogen and oxygen atoms in total. The summed E-state index contributed by atoms with van der Waals surface area (Å²) in [6, 6.07) is 0. The van der Waals surface area contributed by atoms with Crippen molar-refractivity contribution in [2.24, 2.45) is 7.05 Å². The first-order valence-corrected chi connectivity index (χ1v) is 7.31. The average Bonchev–Trinajstić information content (AvgIpc) is 2.78. The maximum absolute atomic E-state index is 9.23. The molecule has 0 saturated carbocycles. The quantitative estimate of drug-likeness (QED) is 0.754. The molecule has 114 valence electrons. The van der Waals surface area contributed by atoms with Crippen LogP contribution in [-0.4, -0.2) is 77.2 Å². The topological polar surface area (TPSA) is 53.8 Å². The summed E-state index contributed by atoms with van der Waals surface area (Å²) in [6.45, 7) is 9.53. The first-order valence-electron chi connectivity index (χ1n) is 7.31. The minimum atomic E-state index is 0.197. The van der Waals surface area contributed by atoms with Gasteiger partial charge in [0.15, 0.2) is 0 Å². The Balaban J connectivity index is 1.84. The van der Waals surface area contributed by atoms with E-state index in [4.69, 9.17) is 4.74 Å². The van der Waals surface area contributed by atoms with Gasteiger partial charge < -0.3 is 9.84 Å². The van der Waals surface area contributed by atoms with Crippen molar-refractivity contribution in [3.8, 4) is 0 Å². The van der Waals surface area contributed by atoms with Crippen molar-refractivity contribution >= 4 is 0 Å². The molecule has 0 radical (unpaired) electrons. The predicted octanol–water partition coefficient (Wildman–Crippen LogP) is -0.145. The lowest BCUT2D eigenvalue weighted by Crippen LogP contribution is -2.41. The number of nitrogens with zero attached hydrogens (tertiary/aromatic N) is 4. The first-order chi connectivity index (χ1) is 9.70. The Hall–Kier alpha value is -0.950. The maximum Gasteiger partial charge on any atom is 0.0594 e.